The molecule has 96 valence electrons. The van der Waals surface area contributed by atoms with Gasteiger partial charge in [0.1, 0.15) is 0 Å². The summed E-state index contributed by atoms with van der Waals surface area (Å²) < 4.78 is 0. The van der Waals surface area contributed by atoms with Gasteiger partial charge in [0.05, 0.1) is 0 Å². The molecule has 0 amide bonds. The minimum atomic E-state index is 0.886. The molecule has 1 aliphatic rings. The van der Waals surface area contributed by atoms with E-state index in [-0.39, 0.29) is 0 Å². The predicted octanol–water partition coefficient (Wildman–Crippen LogP) is 3.97. The van der Waals surface area contributed by atoms with Gasteiger partial charge in [-0.1, -0.05) is 19.9 Å². The number of hydrogen-bond donors (Lipinski definition) is 1. The number of rotatable bonds is 2. The third-order valence-corrected chi connectivity index (χ3v) is 4.27. The molecule has 0 atom stereocenters. The van der Waals surface area contributed by atoms with Crippen molar-refractivity contribution in [2.45, 2.75) is 33.1 Å². The van der Waals surface area contributed by atoms with Crippen molar-refractivity contribution in [2.75, 3.05) is 18.0 Å². The lowest BCUT2D eigenvalue weighted by Crippen LogP contribution is -2.32. The monoisotopic (exact) mass is 242 g/mol. The highest BCUT2D eigenvalue weighted by Gasteiger charge is 2.18. The van der Waals surface area contributed by atoms with Crippen LogP contribution in [0.15, 0.2) is 24.4 Å². The standard InChI is InChI=1S/C16H22N2/c1-3-13-11-17-14-5-4-6-15(16(13)14)18-9-7-12(2)8-10-18/h4-6,11-12,17H,3,7-10H2,1-2H3. The summed E-state index contributed by atoms with van der Waals surface area (Å²) in [5, 5.41) is 1.44. The van der Waals surface area contributed by atoms with Crippen LogP contribution in [0.4, 0.5) is 5.69 Å². The number of fused-ring (bicyclic) bond motifs is 1. The zero-order valence-corrected chi connectivity index (χ0v) is 11.4. The summed E-state index contributed by atoms with van der Waals surface area (Å²) in [6.45, 7) is 7.01. The molecule has 1 aromatic heterocycles. The van der Waals surface area contributed by atoms with Gasteiger partial charge in [0.25, 0.3) is 0 Å². The largest absolute Gasteiger partial charge is 0.371 e. The van der Waals surface area contributed by atoms with Crippen molar-refractivity contribution >= 4 is 16.6 Å². The Hall–Kier alpha value is -1.44. The van der Waals surface area contributed by atoms with Crippen LogP contribution in [-0.4, -0.2) is 18.1 Å². The molecular weight excluding hydrogens is 220 g/mol. The number of nitrogens with one attached hydrogen (secondary N) is 1. The van der Waals surface area contributed by atoms with Gasteiger partial charge >= 0.3 is 0 Å². The van der Waals surface area contributed by atoms with Gasteiger partial charge in [0.15, 0.2) is 0 Å². The molecule has 2 heterocycles. The Labute approximate surface area is 109 Å². The number of anilines is 1. The molecule has 0 bridgehead atoms. The number of aromatic nitrogens is 1. The zero-order chi connectivity index (χ0) is 12.5. The lowest BCUT2D eigenvalue weighted by Gasteiger charge is -2.32. The van der Waals surface area contributed by atoms with Gasteiger partial charge in [0, 0.05) is 35.9 Å². The molecule has 1 aliphatic heterocycles. The van der Waals surface area contributed by atoms with Gasteiger partial charge in [-0.3, -0.25) is 0 Å². The van der Waals surface area contributed by atoms with E-state index in [2.05, 4.69) is 48.1 Å². The molecule has 2 aromatic rings. The lowest BCUT2D eigenvalue weighted by atomic mass is 9.98. The number of hydrogen-bond acceptors (Lipinski definition) is 1. The van der Waals surface area contributed by atoms with Gasteiger partial charge in [-0.25, -0.2) is 0 Å². The first-order valence-electron chi connectivity index (χ1n) is 7.13. The summed E-state index contributed by atoms with van der Waals surface area (Å²) in [7, 11) is 0. The molecule has 1 aromatic carbocycles. The summed E-state index contributed by atoms with van der Waals surface area (Å²) in [5.74, 6) is 0.886. The Morgan fingerprint density at radius 3 is 2.78 bits per heavy atom. The molecule has 0 saturated carbocycles. The molecule has 2 nitrogen and oxygen atoms in total. The Bertz CT molecular complexity index is 533. The van der Waals surface area contributed by atoms with E-state index >= 15 is 0 Å². The second-order valence-electron chi connectivity index (χ2n) is 5.54. The van der Waals surface area contributed by atoms with E-state index in [0.29, 0.717) is 0 Å². The molecule has 0 unspecified atom stereocenters. The Kier molecular flexibility index (Phi) is 3.02. The highest BCUT2D eigenvalue weighted by molar-refractivity contribution is 5.95. The van der Waals surface area contributed by atoms with Crippen LogP contribution in [-0.2, 0) is 6.42 Å². The van der Waals surface area contributed by atoms with Crippen molar-refractivity contribution in [1.82, 2.24) is 4.98 Å². The summed E-state index contributed by atoms with van der Waals surface area (Å²) in [6.07, 6.45) is 5.91. The summed E-state index contributed by atoms with van der Waals surface area (Å²) in [5.41, 5.74) is 4.15. The summed E-state index contributed by atoms with van der Waals surface area (Å²) >= 11 is 0. The molecule has 3 rings (SSSR count). The van der Waals surface area contributed by atoms with E-state index in [0.717, 1.165) is 12.3 Å². The van der Waals surface area contributed by atoms with Gasteiger partial charge in [-0.15, -0.1) is 0 Å². The number of aryl methyl sites for hydroxylation is 1. The highest BCUT2D eigenvalue weighted by atomic mass is 15.1. The molecule has 0 aliphatic carbocycles. The van der Waals surface area contributed by atoms with Crippen LogP contribution in [0.5, 0.6) is 0 Å². The normalized spacial score (nSPS) is 17.6. The average molecular weight is 242 g/mol. The van der Waals surface area contributed by atoms with Crippen molar-refractivity contribution < 1.29 is 0 Å². The van der Waals surface area contributed by atoms with Gasteiger partial charge in [-0.2, -0.15) is 0 Å². The molecular formula is C16H22N2. The van der Waals surface area contributed by atoms with Gasteiger partial charge in [0.2, 0.25) is 0 Å². The maximum Gasteiger partial charge on any atom is 0.0477 e. The van der Waals surface area contributed by atoms with E-state index in [1.807, 2.05) is 0 Å². The van der Waals surface area contributed by atoms with E-state index in [4.69, 9.17) is 0 Å². The van der Waals surface area contributed by atoms with Crippen LogP contribution >= 0.6 is 0 Å². The number of benzene rings is 1. The smallest absolute Gasteiger partial charge is 0.0477 e. The number of piperidine rings is 1. The van der Waals surface area contributed by atoms with Crippen molar-refractivity contribution in [3.05, 3.63) is 30.0 Å². The van der Waals surface area contributed by atoms with Crippen molar-refractivity contribution in [3.63, 3.8) is 0 Å². The quantitative estimate of drug-likeness (QED) is 0.844. The number of nitrogens with zero attached hydrogens (tertiary/aromatic N) is 1. The third-order valence-electron chi connectivity index (χ3n) is 4.27. The van der Waals surface area contributed by atoms with Crippen molar-refractivity contribution in [3.8, 4) is 0 Å². The van der Waals surface area contributed by atoms with E-state index < -0.39 is 0 Å². The van der Waals surface area contributed by atoms with E-state index in [1.165, 1.54) is 48.1 Å². The molecule has 0 spiro atoms. The molecule has 2 heteroatoms. The first-order chi connectivity index (χ1) is 8.79. The second-order valence-corrected chi connectivity index (χ2v) is 5.54. The minimum absolute atomic E-state index is 0.886. The van der Waals surface area contributed by atoms with Crippen LogP contribution in [0.25, 0.3) is 10.9 Å². The van der Waals surface area contributed by atoms with E-state index in [9.17, 15) is 0 Å². The SMILES string of the molecule is CCc1c[nH]c2cccc(N3CCC(C)CC3)c12. The molecule has 1 saturated heterocycles. The predicted molar refractivity (Wildman–Crippen MR) is 78.3 cm³/mol. The van der Waals surface area contributed by atoms with Crippen LogP contribution in [0, 0.1) is 5.92 Å². The van der Waals surface area contributed by atoms with Gasteiger partial charge < -0.3 is 9.88 Å². The van der Waals surface area contributed by atoms with Crippen LogP contribution in [0.1, 0.15) is 32.3 Å². The summed E-state index contributed by atoms with van der Waals surface area (Å²) in [6, 6.07) is 6.64. The maximum absolute atomic E-state index is 3.40. The first kappa shape index (κ1) is 11.6. The zero-order valence-electron chi connectivity index (χ0n) is 11.4. The van der Waals surface area contributed by atoms with Crippen molar-refractivity contribution in [2.24, 2.45) is 5.92 Å². The van der Waals surface area contributed by atoms with Crippen LogP contribution in [0.2, 0.25) is 0 Å². The highest BCUT2D eigenvalue weighted by Crippen LogP contribution is 2.32. The fourth-order valence-electron chi connectivity index (χ4n) is 3.03. The van der Waals surface area contributed by atoms with Crippen LogP contribution in [0.3, 0.4) is 0 Å². The lowest BCUT2D eigenvalue weighted by molar-refractivity contribution is 0.439. The van der Waals surface area contributed by atoms with Crippen LogP contribution < -0.4 is 4.90 Å². The molecule has 0 radical (unpaired) electrons. The summed E-state index contributed by atoms with van der Waals surface area (Å²) in [4.78, 5) is 5.97. The maximum atomic E-state index is 3.40. The molecule has 1 N–H and O–H groups in total. The van der Waals surface area contributed by atoms with E-state index in [1.54, 1.807) is 0 Å². The fourth-order valence-corrected chi connectivity index (χ4v) is 3.03. The minimum Gasteiger partial charge on any atom is -0.371 e. The van der Waals surface area contributed by atoms with Gasteiger partial charge in [-0.05, 0) is 42.9 Å². The third kappa shape index (κ3) is 1.90. The average Bonchev–Trinajstić information content (AvgIpc) is 2.82. The number of aromatic amines is 1. The second kappa shape index (κ2) is 4.68. The first-order valence-corrected chi connectivity index (χ1v) is 7.13. The molecule has 1 fully saturated rings. The fraction of sp³-hybridized carbons (Fsp3) is 0.500. The topological polar surface area (TPSA) is 19.0 Å². The Morgan fingerprint density at radius 1 is 1.28 bits per heavy atom. The Balaban J connectivity index is 2.02. The number of H-pyrrole nitrogens is 1. The Morgan fingerprint density at radius 2 is 2.06 bits per heavy atom. The van der Waals surface area contributed by atoms with Crippen molar-refractivity contribution in [1.29, 1.82) is 0 Å². The molecule has 18 heavy (non-hydrogen) atoms.